The Morgan fingerprint density at radius 2 is 1.82 bits per heavy atom. The highest BCUT2D eigenvalue weighted by Gasteiger charge is 2.55. The minimum absolute atomic E-state index is 0.0131. The van der Waals surface area contributed by atoms with Crippen molar-refractivity contribution in [2.45, 2.75) is 76.9 Å². The highest BCUT2D eigenvalue weighted by atomic mass is 16.5. The fraction of sp³-hybridized carbons (Fsp3) is 0.533. The van der Waals surface area contributed by atoms with Crippen LogP contribution in [-0.2, 0) is 10.4 Å². The summed E-state index contributed by atoms with van der Waals surface area (Å²) < 4.78 is 5.69. The number of aliphatic hydroxyl groups is 1. The largest absolute Gasteiger partial charge is 0.380 e. The number of pyridine rings is 1. The number of rotatable bonds is 7. The van der Waals surface area contributed by atoms with Crippen molar-refractivity contribution < 1.29 is 14.4 Å². The van der Waals surface area contributed by atoms with Gasteiger partial charge in [-0.25, -0.2) is 0 Å². The van der Waals surface area contributed by atoms with Crippen LogP contribution in [0.1, 0.15) is 87.8 Å². The van der Waals surface area contributed by atoms with Gasteiger partial charge in [-0.3, -0.25) is 9.78 Å². The van der Waals surface area contributed by atoms with E-state index in [9.17, 15) is 9.90 Å². The van der Waals surface area contributed by atoms with E-state index in [0.717, 1.165) is 55.5 Å². The van der Waals surface area contributed by atoms with E-state index in [-0.39, 0.29) is 23.3 Å². The fourth-order valence-corrected chi connectivity index (χ4v) is 6.40. The van der Waals surface area contributed by atoms with Gasteiger partial charge < -0.3 is 19.8 Å². The Kier molecular flexibility index (Phi) is 7.13. The molecule has 202 valence electrons. The van der Waals surface area contributed by atoms with Gasteiger partial charge in [0.15, 0.2) is 0 Å². The fourth-order valence-electron chi connectivity index (χ4n) is 6.40. The topological polar surface area (TPSA) is 104 Å². The number of amides is 1. The minimum Gasteiger partial charge on any atom is -0.380 e. The van der Waals surface area contributed by atoms with Crippen LogP contribution in [-0.4, -0.2) is 57.2 Å². The van der Waals surface area contributed by atoms with Gasteiger partial charge in [0.1, 0.15) is 5.60 Å². The molecular weight excluding hydrogens is 478 g/mol. The number of nitrogens with one attached hydrogen (secondary N) is 1. The Labute approximate surface area is 224 Å². The monoisotopic (exact) mass is 517 g/mol. The van der Waals surface area contributed by atoms with Crippen molar-refractivity contribution in [3.05, 3.63) is 65.3 Å². The Hall–Kier alpha value is -3.10. The van der Waals surface area contributed by atoms with Crippen molar-refractivity contribution in [2.75, 3.05) is 20.1 Å². The number of nitrogens with zero attached hydrogens (tertiary/aromatic N) is 4. The maximum atomic E-state index is 12.5. The molecule has 1 aliphatic heterocycles. The molecular formula is C30H39N5O3. The van der Waals surface area contributed by atoms with Gasteiger partial charge in [0, 0.05) is 60.9 Å². The Morgan fingerprint density at radius 1 is 1.13 bits per heavy atom. The summed E-state index contributed by atoms with van der Waals surface area (Å²) in [5.74, 6) is 1.71. The number of carbonyl (C=O) groups excluding carboxylic acids is 1. The predicted octanol–water partition coefficient (Wildman–Crippen LogP) is 4.60. The molecule has 0 bridgehead atoms. The molecule has 2 fully saturated rings. The number of likely N-dealkylation sites (tertiary alicyclic amines) is 1. The molecule has 1 saturated heterocycles. The lowest BCUT2D eigenvalue weighted by Gasteiger charge is -2.55. The van der Waals surface area contributed by atoms with Crippen LogP contribution >= 0.6 is 0 Å². The van der Waals surface area contributed by atoms with Gasteiger partial charge in [-0.2, -0.15) is 4.98 Å². The Morgan fingerprint density at radius 3 is 2.42 bits per heavy atom. The number of carbonyl (C=O) groups is 1. The van der Waals surface area contributed by atoms with E-state index >= 15 is 0 Å². The predicted molar refractivity (Wildman–Crippen MR) is 145 cm³/mol. The first-order chi connectivity index (χ1) is 18.1. The zero-order valence-corrected chi connectivity index (χ0v) is 23.1. The van der Waals surface area contributed by atoms with Crippen molar-refractivity contribution in [3.8, 4) is 11.4 Å². The van der Waals surface area contributed by atoms with Gasteiger partial charge in [-0.05, 0) is 55.8 Å². The van der Waals surface area contributed by atoms with E-state index in [2.05, 4.69) is 72.4 Å². The summed E-state index contributed by atoms with van der Waals surface area (Å²) in [5, 5.41) is 19.8. The van der Waals surface area contributed by atoms with E-state index in [1.807, 2.05) is 6.07 Å². The van der Waals surface area contributed by atoms with E-state index in [1.165, 1.54) is 5.56 Å². The van der Waals surface area contributed by atoms with Gasteiger partial charge in [0.25, 0.3) is 0 Å². The highest BCUT2D eigenvalue weighted by Crippen LogP contribution is 2.50. The van der Waals surface area contributed by atoms with Crippen LogP contribution in [0, 0.1) is 5.41 Å². The molecule has 3 aromatic rings. The van der Waals surface area contributed by atoms with Crippen molar-refractivity contribution in [1.82, 2.24) is 25.3 Å². The summed E-state index contributed by atoms with van der Waals surface area (Å²) in [5.41, 5.74) is 1.94. The van der Waals surface area contributed by atoms with E-state index < -0.39 is 5.60 Å². The SMILES string of the molecule is CC(=O)NC1CCC(c2nc(-c3cncc([C@@](O)(c4ccc(C(C)C)cc4)C4(C)CN(C)C4)c3)no2)CC1. The molecule has 2 aliphatic rings. The quantitative estimate of drug-likeness (QED) is 0.472. The van der Waals surface area contributed by atoms with Gasteiger partial charge in [-0.1, -0.05) is 50.2 Å². The van der Waals surface area contributed by atoms with Crippen LogP contribution in [0.2, 0.25) is 0 Å². The summed E-state index contributed by atoms with van der Waals surface area (Å²) in [4.78, 5) is 22.8. The van der Waals surface area contributed by atoms with Crippen LogP contribution in [0.25, 0.3) is 11.4 Å². The van der Waals surface area contributed by atoms with E-state index in [0.29, 0.717) is 17.6 Å². The molecule has 8 nitrogen and oxygen atoms in total. The molecule has 2 aromatic heterocycles. The molecule has 38 heavy (non-hydrogen) atoms. The first-order valence-corrected chi connectivity index (χ1v) is 13.7. The zero-order chi connectivity index (χ0) is 27.1. The lowest BCUT2D eigenvalue weighted by molar-refractivity contribution is -0.127. The maximum absolute atomic E-state index is 12.5. The second-order valence-electron chi connectivity index (χ2n) is 11.9. The number of hydrogen-bond donors (Lipinski definition) is 2. The molecule has 3 heterocycles. The summed E-state index contributed by atoms with van der Waals surface area (Å²) in [6.45, 7) is 9.58. The molecule has 1 aromatic carbocycles. The third-order valence-electron chi connectivity index (χ3n) is 8.45. The lowest BCUT2D eigenvalue weighted by Crippen LogP contribution is -2.63. The van der Waals surface area contributed by atoms with E-state index in [1.54, 1.807) is 19.3 Å². The summed E-state index contributed by atoms with van der Waals surface area (Å²) >= 11 is 0. The molecule has 0 spiro atoms. The molecule has 1 atom stereocenters. The van der Waals surface area contributed by atoms with Crippen LogP contribution in [0.4, 0.5) is 0 Å². The van der Waals surface area contributed by atoms with Crippen molar-refractivity contribution in [1.29, 1.82) is 0 Å². The number of aromatic nitrogens is 3. The van der Waals surface area contributed by atoms with Crippen molar-refractivity contribution >= 4 is 5.91 Å². The van der Waals surface area contributed by atoms with Crippen molar-refractivity contribution in [3.63, 3.8) is 0 Å². The zero-order valence-electron chi connectivity index (χ0n) is 23.1. The molecule has 0 unspecified atom stereocenters. The standard InChI is InChI=1S/C30H39N5O3/c1-19(2)21-6-10-24(11-7-21)30(37,29(4)17-35(5)18-29)25-14-23(15-31-16-25)27-33-28(38-34-27)22-8-12-26(13-9-22)32-20(3)36/h6-7,10-11,14-16,19,22,26,37H,8-9,12-13,17-18H2,1-5H3,(H,32,36)/t22?,26?,30-/m0/s1. The number of hydrogen-bond acceptors (Lipinski definition) is 7. The summed E-state index contributed by atoms with van der Waals surface area (Å²) in [6, 6.07) is 10.5. The molecule has 1 amide bonds. The minimum atomic E-state index is -1.23. The third-order valence-corrected chi connectivity index (χ3v) is 8.45. The molecule has 0 radical (unpaired) electrons. The van der Waals surface area contributed by atoms with Gasteiger partial charge in [-0.15, -0.1) is 0 Å². The molecule has 5 rings (SSSR count). The van der Waals surface area contributed by atoms with Crippen molar-refractivity contribution in [2.24, 2.45) is 5.41 Å². The molecule has 1 aliphatic carbocycles. The smallest absolute Gasteiger partial charge is 0.230 e. The average molecular weight is 518 g/mol. The average Bonchev–Trinajstić information content (AvgIpc) is 3.38. The molecule has 2 N–H and O–H groups in total. The first-order valence-electron chi connectivity index (χ1n) is 13.7. The van der Waals surface area contributed by atoms with E-state index in [4.69, 9.17) is 9.51 Å². The van der Waals surface area contributed by atoms with Gasteiger partial charge in [0.05, 0.1) is 0 Å². The van der Waals surface area contributed by atoms with Gasteiger partial charge >= 0.3 is 0 Å². The molecule has 8 heteroatoms. The van der Waals surface area contributed by atoms with Gasteiger partial charge in [0.2, 0.25) is 17.6 Å². The lowest BCUT2D eigenvalue weighted by atomic mass is 9.62. The third kappa shape index (κ3) is 4.87. The second-order valence-corrected chi connectivity index (χ2v) is 11.9. The van der Waals surface area contributed by atoms with Crippen LogP contribution in [0.3, 0.4) is 0 Å². The summed E-state index contributed by atoms with van der Waals surface area (Å²) in [6.07, 6.45) is 7.06. The van der Waals surface area contributed by atoms with Crippen LogP contribution in [0.15, 0.2) is 47.2 Å². The highest BCUT2D eigenvalue weighted by molar-refractivity contribution is 5.73. The summed E-state index contributed by atoms with van der Waals surface area (Å²) in [7, 11) is 2.07. The number of benzene rings is 1. The Bertz CT molecular complexity index is 1270. The first kappa shape index (κ1) is 26.5. The Balaban J connectivity index is 1.43. The normalized spacial score (nSPS) is 23.0. The second kappa shape index (κ2) is 10.2. The van der Waals surface area contributed by atoms with Crippen LogP contribution < -0.4 is 5.32 Å². The maximum Gasteiger partial charge on any atom is 0.230 e. The van der Waals surface area contributed by atoms with Crippen LogP contribution in [0.5, 0.6) is 0 Å². The molecule has 1 saturated carbocycles.